The Morgan fingerprint density at radius 2 is 2.09 bits per heavy atom. The molecule has 0 aliphatic heterocycles. The molecule has 1 saturated carbocycles. The van der Waals surface area contributed by atoms with Gasteiger partial charge in [-0.25, -0.2) is 4.98 Å². The largest absolute Gasteiger partial charge is 0.348 e. The van der Waals surface area contributed by atoms with Crippen LogP contribution in [0.5, 0.6) is 0 Å². The summed E-state index contributed by atoms with van der Waals surface area (Å²) in [5.74, 6) is 2.73. The molecule has 0 bridgehead atoms. The van der Waals surface area contributed by atoms with Crippen molar-refractivity contribution in [2.75, 3.05) is 5.75 Å². The lowest BCUT2D eigenvalue weighted by Gasteiger charge is -2.23. The molecule has 1 fully saturated rings. The van der Waals surface area contributed by atoms with Gasteiger partial charge < -0.3 is 10.3 Å². The van der Waals surface area contributed by atoms with Crippen LogP contribution in [-0.2, 0) is 23.4 Å². The summed E-state index contributed by atoms with van der Waals surface area (Å²) in [4.78, 5) is 36.5. The summed E-state index contributed by atoms with van der Waals surface area (Å²) in [7, 11) is 0. The standard InChI is InChI=1S/C24H29N3O2S3/c28-20(27-22(15-6-1-2-7-15)18-10-5-12-31-18)11-13-30-14-19-25-23(29)21-16-8-3-4-9-17(16)32-24(21)26-19/h5,10,12,15,22H,1-4,6-9,11,13-14H2,(H,27,28)(H,25,26,29). The topological polar surface area (TPSA) is 74.8 Å². The second-order valence-electron chi connectivity index (χ2n) is 8.81. The number of thioether (sulfide) groups is 1. The summed E-state index contributed by atoms with van der Waals surface area (Å²) in [6, 6.07) is 4.36. The molecule has 3 heterocycles. The number of amides is 1. The molecular formula is C24H29N3O2S3. The highest BCUT2D eigenvalue weighted by Crippen LogP contribution is 2.37. The second kappa shape index (κ2) is 10.1. The lowest BCUT2D eigenvalue weighted by atomic mass is 9.96. The van der Waals surface area contributed by atoms with Gasteiger partial charge >= 0.3 is 0 Å². The minimum Gasteiger partial charge on any atom is -0.348 e. The molecule has 0 saturated heterocycles. The van der Waals surface area contributed by atoms with Crippen molar-refractivity contribution < 1.29 is 4.79 Å². The van der Waals surface area contributed by atoms with E-state index in [0.29, 0.717) is 23.9 Å². The quantitative estimate of drug-likeness (QED) is 0.406. The van der Waals surface area contributed by atoms with Gasteiger partial charge in [-0.05, 0) is 61.5 Å². The Balaban J connectivity index is 1.16. The predicted molar refractivity (Wildman–Crippen MR) is 135 cm³/mol. The molecule has 8 heteroatoms. The van der Waals surface area contributed by atoms with Gasteiger partial charge in [0.15, 0.2) is 0 Å². The first-order valence-corrected chi connectivity index (χ1v) is 14.5. The van der Waals surface area contributed by atoms with Crippen molar-refractivity contribution in [1.82, 2.24) is 15.3 Å². The van der Waals surface area contributed by atoms with E-state index in [1.165, 1.54) is 47.4 Å². The molecule has 32 heavy (non-hydrogen) atoms. The molecule has 5 nitrogen and oxygen atoms in total. The highest BCUT2D eigenvalue weighted by molar-refractivity contribution is 7.98. The average Bonchev–Trinajstić information content (AvgIpc) is 3.55. The van der Waals surface area contributed by atoms with Gasteiger partial charge in [-0.15, -0.1) is 22.7 Å². The molecule has 0 aromatic carbocycles. The number of nitrogens with zero attached hydrogens (tertiary/aromatic N) is 1. The van der Waals surface area contributed by atoms with Crippen molar-refractivity contribution in [3.05, 3.63) is 49.0 Å². The van der Waals surface area contributed by atoms with Crippen LogP contribution in [0.25, 0.3) is 10.2 Å². The van der Waals surface area contributed by atoms with E-state index in [1.807, 2.05) is 0 Å². The SMILES string of the molecule is O=C(CCSCc1nc2sc3c(c2c(=O)[nH]1)CCCC3)NC(c1cccs1)C1CCCC1. The van der Waals surface area contributed by atoms with Crippen LogP contribution in [0.2, 0.25) is 0 Å². The molecule has 0 radical (unpaired) electrons. The molecule has 1 unspecified atom stereocenters. The van der Waals surface area contributed by atoms with E-state index in [2.05, 4.69) is 27.8 Å². The average molecular weight is 488 g/mol. The van der Waals surface area contributed by atoms with Crippen molar-refractivity contribution in [2.45, 2.75) is 69.6 Å². The number of carbonyl (C=O) groups is 1. The zero-order valence-electron chi connectivity index (χ0n) is 18.2. The molecular weight excluding hydrogens is 458 g/mol. The number of aromatic nitrogens is 2. The van der Waals surface area contributed by atoms with Gasteiger partial charge in [0, 0.05) is 21.9 Å². The number of H-pyrrole nitrogens is 1. The third kappa shape index (κ3) is 4.82. The minimum atomic E-state index is -0.00176. The zero-order chi connectivity index (χ0) is 21.9. The first kappa shape index (κ1) is 22.2. The molecule has 2 aliphatic carbocycles. The normalized spacial score (nSPS) is 17.5. The van der Waals surface area contributed by atoms with Gasteiger partial charge in [0.05, 0.1) is 17.2 Å². The van der Waals surface area contributed by atoms with Crippen molar-refractivity contribution >= 4 is 50.6 Å². The van der Waals surface area contributed by atoms with Gasteiger partial charge in [0.2, 0.25) is 5.91 Å². The first-order chi connectivity index (χ1) is 15.7. The summed E-state index contributed by atoms with van der Waals surface area (Å²) in [5.41, 5.74) is 1.22. The van der Waals surface area contributed by atoms with Gasteiger partial charge in [0.25, 0.3) is 5.56 Å². The maximum Gasteiger partial charge on any atom is 0.259 e. The number of aryl methyl sites for hydroxylation is 2. The number of carbonyl (C=O) groups excluding carboxylic acids is 1. The Morgan fingerprint density at radius 3 is 2.91 bits per heavy atom. The lowest BCUT2D eigenvalue weighted by molar-refractivity contribution is -0.121. The maximum absolute atomic E-state index is 12.7. The van der Waals surface area contributed by atoms with Crippen LogP contribution in [0, 0.1) is 5.92 Å². The van der Waals surface area contributed by atoms with Crippen LogP contribution < -0.4 is 10.9 Å². The highest BCUT2D eigenvalue weighted by atomic mass is 32.2. The molecule has 1 atom stereocenters. The third-order valence-electron chi connectivity index (χ3n) is 6.62. The minimum absolute atomic E-state index is 0.00176. The fourth-order valence-corrected chi connectivity index (χ4v) is 7.99. The van der Waals surface area contributed by atoms with E-state index in [-0.39, 0.29) is 17.5 Å². The molecule has 5 rings (SSSR count). The first-order valence-electron chi connectivity index (χ1n) is 11.6. The monoisotopic (exact) mass is 487 g/mol. The summed E-state index contributed by atoms with van der Waals surface area (Å²) >= 11 is 5.08. The number of aromatic amines is 1. The Bertz CT molecular complexity index is 1130. The van der Waals surface area contributed by atoms with E-state index in [1.54, 1.807) is 34.4 Å². The molecule has 3 aromatic heterocycles. The fourth-order valence-electron chi connectivity index (χ4n) is 5.04. The zero-order valence-corrected chi connectivity index (χ0v) is 20.6. The number of hydrogen-bond donors (Lipinski definition) is 2. The van der Waals surface area contributed by atoms with Gasteiger partial charge in [-0.1, -0.05) is 18.9 Å². The summed E-state index contributed by atoms with van der Waals surface area (Å²) < 4.78 is 0. The van der Waals surface area contributed by atoms with Crippen LogP contribution in [0.3, 0.4) is 0 Å². The smallest absolute Gasteiger partial charge is 0.259 e. The van der Waals surface area contributed by atoms with Gasteiger partial charge in [-0.3, -0.25) is 9.59 Å². The van der Waals surface area contributed by atoms with Crippen molar-refractivity contribution in [2.24, 2.45) is 5.92 Å². The van der Waals surface area contributed by atoms with E-state index in [4.69, 9.17) is 4.98 Å². The number of hydrogen-bond acceptors (Lipinski definition) is 6. The predicted octanol–water partition coefficient (Wildman–Crippen LogP) is 5.60. The molecule has 1 amide bonds. The van der Waals surface area contributed by atoms with Crippen LogP contribution >= 0.6 is 34.4 Å². The summed E-state index contributed by atoms with van der Waals surface area (Å²) in [6.07, 6.45) is 9.85. The Morgan fingerprint density at radius 1 is 1.25 bits per heavy atom. The van der Waals surface area contributed by atoms with Crippen LogP contribution in [0.1, 0.15) is 72.1 Å². The molecule has 170 valence electrons. The third-order valence-corrected chi connectivity index (χ3v) is 9.74. The number of rotatable bonds is 8. The molecule has 0 spiro atoms. The fraction of sp³-hybridized carbons (Fsp3) is 0.542. The van der Waals surface area contributed by atoms with Crippen molar-refractivity contribution in [1.29, 1.82) is 0 Å². The Labute approximate surface area is 200 Å². The second-order valence-corrected chi connectivity index (χ2v) is 12.0. The molecule has 2 aliphatic rings. The lowest BCUT2D eigenvalue weighted by Crippen LogP contribution is -2.32. The number of thiophene rings is 2. The maximum atomic E-state index is 12.7. The van der Waals surface area contributed by atoms with Crippen molar-refractivity contribution in [3.8, 4) is 0 Å². The Kier molecular flexibility index (Phi) is 6.99. The Hall–Kier alpha value is -1.64. The van der Waals surface area contributed by atoms with Crippen molar-refractivity contribution in [3.63, 3.8) is 0 Å². The van der Waals surface area contributed by atoms with E-state index >= 15 is 0 Å². The van der Waals surface area contributed by atoms with E-state index in [9.17, 15) is 9.59 Å². The molecule has 2 N–H and O–H groups in total. The van der Waals surface area contributed by atoms with Crippen LogP contribution in [-0.4, -0.2) is 21.6 Å². The van der Waals surface area contributed by atoms with Crippen LogP contribution in [0.15, 0.2) is 22.3 Å². The van der Waals surface area contributed by atoms with E-state index in [0.717, 1.165) is 35.2 Å². The summed E-state index contributed by atoms with van der Waals surface area (Å²) in [6.45, 7) is 0. The molecule has 3 aromatic rings. The van der Waals surface area contributed by atoms with E-state index < -0.39 is 0 Å². The van der Waals surface area contributed by atoms with Gasteiger partial charge in [0.1, 0.15) is 10.7 Å². The van der Waals surface area contributed by atoms with Gasteiger partial charge in [-0.2, -0.15) is 11.8 Å². The number of nitrogens with one attached hydrogen (secondary N) is 2. The highest BCUT2D eigenvalue weighted by Gasteiger charge is 2.28. The van der Waals surface area contributed by atoms with Crippen LogP contribution in [0.4, 0.5) is 0 Å². The number of fused-ring (bicyclic) bond motifs is 3. The summed E-state index contributed by atoms with van der Waals surface area (Å²) in [5, 5.41) is 6.21.